The van der Waals surface area contributed by atoms with Gasteiger partial charge >= 0.3 is 6.01 Å². The van der Waals surface area contributed by atoms with Crippen LogP contribution >= 0.6 is 0 Å². The molecule has 2 heterocycles. The van der Waals surface area contributed by atoms with E-state index in [1.54, 1.807) is 4.90 Å². The van der Waals surface area contributed by atoms with Gasteiger partial charge in [-0.25, -0.2) is 4.98 Å². The number of ether oxygens (including phenoxy) is 1. The normalized spacial score (nSPS) is 10.8. The van der Waals surface area contributed by atoms with Crippen LogP contribution in [0.25, 0.3) is 11.0 Å². The van der Waals surface area contributed by atoms with Crippen LogP contribution < -0.4 is 14.5 Å². The van der Waals surface area contributed by atoms with Crippen LogP contribution in [0.1, 0.15) is 12.6 Å². The highest BCUT2D eigenvalue weighted by Gasteiger charge is 2.16. The van der Waals surface area contributed by atoms with Gasteiger partial charge in [0.15, 0.2) is 5.82 Å². The molecule has 0 aliphatic heterocycles. The third-order valence-electron chi connectivity index (χ3n) is 5.27. The van der Waals surface area contributed by atoms with E-state index < -0.39 is 0 Å². The molecule has 2 aromatic heterocycles. The van der Waals surface area contributed by atoms with E-state index in [-0.39, 0.29) is 0 Å². The second kappa shape index (κ2) is 8.47. The maximum atomic E-state index is 11.5. The Morgan fingerprint density at radius 2 is 1.77 bits per heavy atom. The van der Waals surface area contributed by atoms with E-state index in [4.69, 9.17) is 4.74 Å². The number of aryl methyl sites for hydroxylation is 2. The molecular weight excluding hydrogens is 390 g/mol. The summed E-state index contributed by atoms with van der Waals surface area (Å²) in [4.78, 5) is 24.3. The summed E-state index contributed by atoms with van der Waals surface area (Å²) in [6, 6.07) is 20.0. The van der Waals surface area contributed by atoms with E-state index >= 15 is 0 Å². The number of hydrogen-bond donors (Lipinski definition) is 0. The molecular formula is C24H25N5O2. The highest BCUT2D eigenvalue weighted by atomic mass is 16.5. The summed E-state index contributed by atoms with van der Waals surface area (Å²) in [5.74, 6) is 1.41. The molecule has 0 fully saturated rings. The SMILES string of the molecule is CCN(C=O)c1ccc(C)nc1N(C)c1ccc(Oc2nc3ccccc3n2C)cc1. The standard InChI is InChI=1S/C24H25N5O2/c1-5-29(16-30)22-15-10-17(2)25-23(22)27(3)18-11-13-19(14-12-18)31-24-26-20-8-6-7-9-21(20)28(24)4/h6-16H,5H2,1-4H3. The van der Waals surface area contributed by atoms with Crippen molar-refractivity contribution in [2.45, 2.75) is 13.8 Å². The summed E-state index contributed by atoms with van der Waals surface area (Å²) in [5.41, 5.74) is 4.49. The van der Waals surface area contributed by atoms with Crippen molar-refractivity contribution in [2.75, 3.05) is 23.4 Å². The van der Waals surface area contributed by atoms with Crippen molar-refractivity contribution in [2.24, 2.45) is 7.05 Å². The number of imidazole rings is 1. The lowest BCUT2D eigenvalue weighted by Gasteiger charge is -2.25. The number of nitrogens with zero attached hydrogens (tertiary/aromatic N) is 5. The lowest BCUT2D eigenvalue weighted by atomic mass is 10.2. The van der Waals surface area contributed by atoms with E-state index in [9.17, 15) is 4.79 Å². The molecule has 7 nitrogen and oxygen atoms in total. The van der Waals surface area contributed by atoms with E-state index in [0.717, 1.165) is 40.3 Å². The van der Waals surface area contributed by atoms with Crippen LogP contribution in [-0.2, 0) is 11.8 Å². The van der Waals surface area contributed by atoms with Gasteiger partial charge in [-0.15, -0.1) is 0 Å². The quantitative estimate of drug-likeness (QED) is 0.405. The molecule has 0 saturated heterocycles. The molecule has 0 aliphatic rings. The number of carbonyl (C=O) groups is 1. The second-order valence-corrected chi connectivity index (χ2v) is 7.28. The third kappa shape index (κ3) is 3.94. The Morgan fingerprint density at radius 3 is 2.45 bits per heavy atom. The molecule has 0 bridgehead atoms. The minimum atomic E-state index is 0.537. The summed E-state index contributed by atoms with van der Waals surface area (Å²) >= 11 is 0. The third-order valence-corrected chi connectivity index (χ3v) is 5.27. The first-order chi connectivity index (χ1) is 15.0. The van der Waals surface area contributed by atoms with Gasteiger partial charge in [-0.05, 0) is 62.4 Å². The van der Waals surface area contributed by atoms with Crippen molar-refractivity contribution in [3.05, 3.63) is 66.4 Å². The highest BCUT2D eigenvalue weighted by molar-refractivity contribution is 5.84. The molecule has 2 aromatic carbocycles. The van der Waals surface area contributed by atoms with Gasteiger partial charge in [0.2, 0.25) is 6.41 Å². The fourth-order valence-corrected chi connectivity index (χ4v) is 3.49. The maximum Gasteiger partial charge on any atom is 0.302 e. The van der Waals surface area contributed by atoms with Crippen molar-refractivity contribution in [1.29, 1.82) is 0 Å². The average molecular weight is 415 g/mol. The molecule has 0 saturated carbocycles. The van der Waals surface area contributed by atoms with Gasteiger partial charge in [0.1, 0.15) is 5.75 Å². The number of pyridine rings is 1. The van der Waals surface area contributed by atoms with Gasteiger partial charge in [0.05, 0.1) is 16.7 Å². The van der Waals surface area contributed by atoms with Crippen LogP contribution in [0, 0.1) is 6.92 Å². The van der Waals surface area contributed by atoms with E-state index in [1.807, 2.05) is 98.1 Å². The molecule has 0 atom stereocenters. The number of carbonyl (C=O) groups excluding carboxylic acids is 1. The van der Waals surface area contributed by atoms with E-state index in [0.29, 0.717) is 18.3 Å². The van der Waals surface area contributed by atoms with Crippen molar-refractivity contribution in [3.63, 3.8) is 0 Å². The Labute approximate surface area is 181 Å². The van der Waals surface area contributed by atoms with Crippen LogP contribution in [-0.4, -0.2) is 34.5 Å². The fourth-order valence-electron chi connectivity index (χ4n) is 3.49. The molecule has 4 aromatic rings. The molecule has 0 spiro atoms. The number of aromatic nitrogens is 3. The Bertz CT molecular complexity index is 1220. The first-order valence-electron chi connectivity index (χ1n) is 10.1. The number of amides is 1. The minimum Gasteiger partial charge on any atom is -0.425 e. The Morgan fingerprint density at radius 1 is 1.03 bits per heavy atom. The summed E-state index contributed by atoms with van der Waals surface area (Å²) in [6.07, 6.45) is 0.831. The lowest BCUT2D eigenvalue weighted by Crippen LogP contribution is -2.24. The number of rotatable bonds is 7. The van der Waals surface area contributed by atoms with Gasteiger partial charge < -0.3 is 14.5 Å². The molecule has 4 rings (SSSR count). The molecule has 31 heavy (non-hydrogen) atoms. The molecule has 0 radical (unpaired) electrons. The largest absolute Gasteiger partial charge is 0.425 e. The van der Waals surface area contributed by atoms with Crippen molar-refractivity contribution in [3.8, 4) is 11.8 Å². The van der Waals surface area contributed by atoms with Crippen LogP contribution in [0.15, 0.2) is 60.7 Å². The number of hydrogen-bond acceptors (Lipinski definition) is 5. The number of benzene rings is 2. The first-order valence-corrected chi connectivity index (χ1v) is 10.1. The Balaban J connectivity index is 1.60. The van der Waals surface area contributed by atoms with Gasteiger partial charge in [-0.1, -0.05) is 12.1 Å². The summed E-state index contributed by atoms with van der Waals surface area (Å²) in [5, 5.41) is 0. The minimum absolute atomic E-state index is 0.537. The second-order valence-electron chi connectivity index (χ2n) is 7.28. The monoisotopic (exact) mass is 415 g/mol. The zero-order valence-electron chi connectivity index (χ0n) is 18.1. The smallest absolute Gasteiger partial charge is 0.302 e. The number of para-hydroxylation sites is 2. The average Bonchev–Trinajstić information content (AvgIpc) is 3.11. The predicted molar refractivity (Wildman–Crippen MR) is 123 cm³/mol. The van der Waals surface area contributed by atoms with Crippen LogP contribution in [0.4, 0.5) is 17.2 Å². The molecule has 0 unspecified atom stereocenters. The molecule has 158 valence electrons. The maximum absolute atomic E-state index is 11.5. The van der Waals surface area contributed by atoms with Crippen molar-refractivity contribution in [1.82, 2.24) is 14.5 Å². The van der Waals surface area contributed by atoms with Crippen LogP contribution in [0.3, 0.4) is 0 Å². The van der Waals surface area contributed by atoms with Crippen molar-refractivity contribution >= 4 is 34.6 Å². The van der Waals surface area contributed by atoms with Gasteiger partial charge in [0, 0.05) is 32.0 Å². The highest BCUT2D eigenvalue weighted by Crippen LogP contribution is 2.33. The van der Waals surface area contributed by atoms with Gasteiger partial charge in [-0.3, -0.25) is 9.36 Å². The molecule has 1 amide bonds. The first kappa shape index (κ1) is 20.4. The zero-order valence-corrected chi connectivity index (χ0v) is 18.1. The Kier molecular flexibility index (Phi) is 5.58. The van der Waals surface area contributed by atoms with Crippen molar-refractivity contribution < 1.29 is 9.53 Å². The van der Waals surface area contributed by atoms with Crippen LogP contribution in [0.5, 0.6) is 11.8 Å². The lowest BCUT2D eigenvalue weighted by molar-refractivity contribution is -0.107. The molecule has 0 aliphatic carbocycles. The number of fused-ring (bicyclic) bond motifs is 1. The summed E-state index contributed by atoms with van der Waals surface area (Å²) in [7, 11) is 3.87. The molecule has 7 heteroatoms. The summed E-state index contributed by atoms with van der Waals surface area (Å²) in [6.45, 7) is 4.44. The predicted octanol–water partition coefficient (Wildman–Crippen LogP) is 4.82. The fraction of sp³-hybridized carbons (Fsp3) is 0.208. The van der Waals surface area contributed by atoms with E-state index in [2.05, 4.69) is 9.97 Å². The van der Waals surface area contributed by atoms with E-state index in [1.165, 1.54) is 0 Å². The Hall–Kier alpha value is -3.87. The number of anilines is 3. The zero-order chi connectivity index (χ0) is 22.0. The van der Waals surface area contributed by atoms with Gasteiger partial charge in [0.25, 0.3) is 0 Å². The molecule has 0 N–H and O–H groups in total. The van der Waals surface area contributed by atoms with Crippen LogP contribution in [0.2, 0.25) is 0 Å². The summed E-state index contributed by atoms with van der Waals surface area (Å²) < 4.78 is 7.94. The van der Waals surface area contributed by atoms with Gasteiger partial charge in [-0.2, -0.15) is 4.98 Å². The topological polar surface area (TPSA) is 63.5 Å².